The van der Waals surface area contributed by atoms with Crippen LogP contribution in [0.15, 0.2) is 24.3 Å². The van der Waals surface area contributed by atoms with Gasteiger partial charge in [-0.15, -0.1) is 12.4 Å². The van der Waals surface area contributed by atoms with E-state index < -0.39 is 5.54 Å². The van der Waals surface area contributed by atoms with Crippen LogP contribution < -0.4 is 15.8 Å². The van der Waals surface area contributed by atoms with Crippen molar-refractivity contribution < 1.29 is 9.53 Å². The van der Waals surface area contributed by atoms with E-state index in [1.54, 1.807) is 12.1 Å². The topological polar surface area (TPSA) is 64.4 Å². The summed E-state index contributed by atoms with van der Waals surface area (Å²) in [4.78, 5) is 12.2. The van der Waals surface area contributed by atoms with Crippen LogP contribution in [0.2, 0.25) is 5.02 Å². The standard InChI is InChI=1S/C16H23ClN2O2.ClH/c1-16(18)8-3-2-7-14(16)15(20)19-9-10-21-13-6-4-5-12(17)11-13;/h4-6,11,14H,2-3,7-10,18H2,1H3,(H,19,20);1H. The molecular weight excluding hydrogens is 323 g/mol. The van der Waals surface area contributed by atoms with Crippen LogP contribution in [0.5, 0.6) is 5.75 Å². The van der Waals surface area contributed by atoms with Crippen molar-refractivity contribution in [3.8, 4) is 5.75 Å². The van der Waals surface area contributed by atoms with Gasteiger partial charge in [0.05, 0.1) is 12.5 Å². The van der Waals surface area contributed by atoms with Gasteiger partial charge < -0.3 is 15.8 Å². The smallest absolute Gasteiger partial charge is 0.225 e. The van der Waals surface area contributed by atoms with Crippen molar-refractivity contribution >= 4 is 29.9 Å². The van der Waals surface area contributed by atoms with Crippen molar-refractivity contribution in [3.05, 3.63) is 29.3 Å². The van der Waals surface area contributed by atoms with E-state index in [9.17, 15) is 4.79 Å². The molecule has 0 spiro atoms. The minimum atomic E-state index is -0.393. The van der Waals surface area contributed by atoms with E-state index in [1.165, 1.54) is 0 Å². The third-order valence-corrected chi connectivity index (χ3v) is 4.27. The van der Waals surface area contributed by atoms with E-state index >= 15 is 0 Å². The summed E-state index contributed by atoms with van der Waals surface area (Å²) in [5, 5.41) is 3.55. The van der Waals surface area contributed by atoms with E-state index in [-0.39, 0.29) is 24.2 Å². The van der Waals surface area contributed by atoms with Crippen LogP contribution >= 0.6 is 24.0 Å². The average Bonchev–Trinajstić information content (AvgIpc) is 2.43. The van der Waals surface area contributed by atoms with Crippen LogP contribution in [-0.4, -0.2) is 24.6 Å². The first-order chi connectivity index (χ1) is 9.99. The minimum Gasteiger partial charge on any atom is -0.492 e. The Kier molecular flexibility index (Phi) is 7.46. The molecule has 3 N–H and O–H groups in total. The zero-order chi connectivity index (χ0) is 15.3. The summed E-state index contributed by atoms with van der Waals surface area (Å²) in [6.45, 7) is 2.86. The van der Waals surface area contributed by atoms with Gasteiger partial charge in [-0.2, -0.15) is 0 Å². The van der Waals surface area contributed by atoms with Crippen molar-refractivity contribution in [2.45, 2.75) is 38.1 Å². The third kappa shape index (κ3) is 5.34. The molecule has 1 aliphatic rings. The first-order valence-corrected chi connectivity index (χ1v) is 7.82. The number of halogens is 2. The largest absolute Gasteiger partial charge is 0.492 e. The highest BCUT2D eigenvalue weighted by molar-refractivity contribution is 6.30. The van der Waals surface area contributed by atoms with Crippen LogP contribution in [0.25, 0.3) is 0 Å². The molecule has 0 radical (unpaired) electrons. The van der Waals surface area contributed by atoms with Crippen LogP contribution in [0, 0.1) is 5.92 Å². The molecule has 22 heavy (non-hydrogen) atoms. The Morgan fingerprint density at radius 2 is 2.27 bits per heavy atom. The summed E-state index contributed by atoms with van der Waals surface area (Å²) in [7, 11) is 0. The summed E-state index contributed by atoms with van der Waals surface area (Å²) in [5.41, 5.74) is 5.84. The maximum absolute atomic E-state index is 12.2. The van der Waals surface area contributed by atoms with Crippen molar-refractivity contribution in [1.82, 2.24) is 5.32 Å². The molecule has 0 aromatic heterocycles. The molecular formula is C16H24Cl2N2O2. The number of amides is 1. The van der Waals surface area contributed by atoms with Gasteiger partial charge in [-0.05, 0) is 38.0 Å². The van der Waals surface area contributed by atoms with Gasteiger partial charge in [-0.1, -0.05) is 30.5 Å². The van der Waals surface area contributed by atoms with Gasteiger partial charge in [0.15, 0.2) is 0 Å². The van der Waals surface area contributed by atoms with E-state index in [0.717, 1.165) is 25.7 Å². The van der Waals surface area contributed by atoms with Gasteiger partial charge in [-0.25, -0.2) is 0 Å². The summed E-state index contributed by atoms with van der Waals surface area (Å²) in [6, 6.07) is 7.22. The lowest BCUT2D eigenvalue weighted by Gasteiger charge is -2.37. The van der Waals surface area contributed by atoms with E-state index in [0.29, 0.717) is 23.9 Å². The number of carbonyl (C=O) groups excluding carboxylic acids is 1. The molecule has 2 rings (SSSR count). The Morgan fingerprint density at radius 1 is 1.50 bits per heavy atom. The Hall–Kier alpha value is -0.970. The molecule has 2 atom stereocenters. The molecule has 6 heteroatoms. The SMILES string of the molecule is CC1(N)CCCCC1C(=O)NCCOc1cccc(Cl)c1.Cl. The monoisotopic (exact) mass is 346 g/mol. The molecule has 1 fully saturated rings. The zero-order valence-electron chi connectivity index (χ0n) is 12.8. The fourth-order valence-corrected chi connectivity index (χ4v) is 2.99. The van der Waals surface area contributed by atoms with Gasteiger partial charge in [0, 0.05) is 10.6 Å². The molecule has 1 aromatic carbocycles. The van der Waals surface area contributed by atoms with Gasteiger partial charge in [0.2, 0.25) is 5.91 Å². The van der Waals surface area contributed by atoms with Crippen LogP contribution in [-0.2, 0) is 4.79 Å². The summed E-state index contributed by atoms with van der Waals surface area (Å²) < 4.78 is 5.55. The first-order valence-electron chi connectivity index (χ1n) is 7.44. The Balaban J connectivity index is 0.00000242. The highest BCUT2D eigenvalue weighted by atomic mass is 35.5. The fraction of sp³-hybridized carbons (Fsp3) is 0.562. The number of hydrogen-bond acceptors (Lipinski definition) is 3. The number of benzene rings is 1. The lowest BCUT2D eigenvalue weighted by atomic mass is 9.74. The summed E-state index contributed by atoms with van der Waals surface area (Å²) >= 11 is 5.88. The molecule has 124 valence electrons. The predicted octanol–water partition coefficient (Wildman–Crippen LogP) is 3.16. The van der Waals surface area contributed by atoms with Crippen molar-refractivity contribution in [2.75, 3.05) is 13.2 Å². The number of nitrogens with one attached hydrogen (secondary N) is 1. The maximum Gasteiger partial charge on any atom is 0.225 e. The second-order valence-corrected chi connectivity index (χ2v) is 6.34. The second-order valence-electron chi connectivity index (χ2n) is 5.90. The molecule has 1 saturated carbocycles. The molecule has 0 bridgehead atoms. The Morgan fingerprint density at radius 3 is 2.95 bits per heavy atom. The lowest BCUT2D eigenvalue weighted by Crippen LogP contribution is -2.53. The highest BCUT2D eigenvalue weighted by Crippen LogP contribution is 2.31. The molecule has 0 saturated heterocycles. The second kappa shape index (κ2) is 8.61. The van der Waals surface area contributed by atoms with Gasteiger partial charge in [-0.3, -0.25) is 4.79 Å². The van der Waals surface area contributed by atoms with Gasteiger partial charge in [0.25, 0.3) is 0 Å². The third-order valence-electron chi connectivity index (χ3n) is 4.04. The maximum atomic E-state index is 12.2. The van der Waals surface area contributed by atoms with Gasteiger partial charge >= 0.3 is 0 Å². The van der Waals surface area contributed by atoms with E-state index in [1.807, 2.05) is 19.1 Å². The number of hydrogen-bond donors (Lipinski definition) is 2. The lowest BCUT2D eigenvalue weighted by molar-refractivity contribution is -0.128. The fourth-order valence-electron chi connectivity index (χ4n) is 2.81. The van der Waals surface area contributed by atoms with Crippen molar-refractivity contribution in [2.24, 2.45) is 11.7 Å². The van der Waals surface area contributed by atoms with Crippen LogP contribution in [0.1, 0.15) is 32.6 Å². The normalized spacial score (nSPS) is 24.2. The number of rotatable bonds is 5. The average molecular weight is 347 g/mol. The molecule has 0 aliphatic heterocycles. The Labute approximate surface area is 143 Å². The van der Waals surface area contributed by atoms with Crippen LogP contribution in [0.4, 0.5) is 0 Å². The van der Waals surface area contributed by atoms with Crippen molar-refractivity contribution in [1.29, 1.82) is 0 Å². The quantitative estimate of drug-likeness (QED) is 0.804. The van der Waals surface area contributed by atoms with Gasteiger partial charge in [0.1, 0.15) is 12.4 Å². The molecule has 4 nitrogen and oxygen atoms in total. The number of ether oxygens (including phenoxy) is 1. The summed E-state index contributed by atoms with van der Waals surface area (Å²) in [5.74, 6) is 0.643. The van der Waals surface area contributed by atoms with E-state index in [2.05, 4.69) is 5.32 Å². The van der Waals surface area contributed by atoms with Crippen LogP contribution in [0.3, 0.4) is 0 Å². The predicted molar refractivity (Wildman–Crippen MR) is 91.8 cm³/mol. The molecule has 1 aliphatic carbocycles. The highest BCUT2D eigenvalue weighted by Gasteiger charge is 2.37. The number of carbonyl (C=O) groups is 1. The minimum absolute atomic E-state index is 0. The molecule has 1 aromatic rings. The molecule has 2 unspecified atom stereocenters. The van der Waals surface area contributed by atoms with Crippen molar-refractivity contribution in [3.63, 3.8) is 0 Å². The Bertz CT molecular complexity index is 495. The number of nitrogens with two attached hydrogens (primary N) is 1. The zero-order valence-corrected chi connectivity index (χ0v) is 14.4. The first kappa shape index (κ1) is 19.1. The summed E-state index contributed by atoms with van der Waals surface area (Å²) in [6.07, 6.45) is 3.95. The molecule has 1 amide bonds. The molecule has 0 heterocycles. The van der Waals surface area contributed by atoms with E-state index in [4.69, 9.17) is 22.1 Å².